The minimum Gasteiger partial charge on any atom is -0.341 e. The quantitative estimate of drug-likeness (QED) is 0.923. The molecule has 6 heteroatoms. The zero-order chi connectivity index (χ0) is 16.8. The van der Waals surface area contributed by atoms with E-state index in [2.05, 4.69) is 5.32 Å². The second-order valence-corrected chi connectivity index (χ2v) is 5.78. The third-order valence-corrected chi connectivity index (χ3v) is 3.86. The molecule has 2 rings (SSSR count). The second-order valence-electron chi connectivity index (χ2n) is 5.78. The Hall–Kier alpha value is -2.37. The van der Waals surface area contributed by atoms with Crippen LogP contribution in [0.15, 0.2) is 24.3 Å². The molecule has 1 aromatic rings. The smallest absolute Gasteiger partial charge is 0.242 e. The van der Waals surface area contributed by atoms with Gasteiger partial charge in [-0.15, -0.1) is 0 Å². The minimum atomic E-state index is -0.199. The zero-order valence-corrected chi connectivity index (χ0v) is 13.7. The minimum absolute atomic E-state index is 0.0266. The summed E-state index contributed by atoms with van der Waals surface area (Å²) in [6, 6.07) is 6.96. The Kier molecular flexibility index (Phi) is 5.73. The summed E-state index contributed by atoms with van der Waals surface area (Å²) in [5.74, 6) is -0.416. The van der Waals surface area contributed by atoms with Gasteiger partial charge in [0, 0.05) is 38.3 Å². The first kappa shape index (κ1) is 17.0. The molecule has 3 amide bonds. The summed E-state index contributed by atoms with van der Waals surface area (Å²) < 4.78 is 0. The van der Waals surface area contributed by atoms with Crippen LogP contribution in [0, 0.1) is 0 Å². The summed E-state index contributed by atoms with van der Waals surface area (Å²) in [6.07, 6.45) is 3.19. The zero-order valence-electron chi connectivity index (χ0n) is 13.7. The van der Waals surface area contributed by atoms with Crippen molar-refractivity contribution in [2.75, 3.05) is 29.9 Å². The van der Waals surface area contributed by atoms with Crippen LogP contribution in [0.4, 0.5) is 11.4 Å². The lowest BCUT2D eigenvalue weighted by molar-refractivity contribution is -0.132. The lowest BCUT2D eigenvalue weighted by Gasteiger charge is -2.29. The summed E-state index contributed by atoms with van der Waals surface area (Å²) in [5, 5.41) is 2.68. The van der Waals surface area contributed by atoms with E-state index in [0.717, 1.165) is 32.4 Å². The third kappa shape index (κ3) is 4.81. The highest BCUT2D eigenvalue weighted by molar-refractivity contribution is 5.98. The molecule has 0 unspecified atom stereocenters. The van der Waals surface area contributed by atoms with E-state index in [9.17, 15) is 14.4 Å². The molecule has 1 N–H and O–H groups in total. The highest BCUT2D eigenvalue weighted by atomic mass is 16.2. The number of nitrogens with one attached hydrogen (secondary N) is 1. The van der Waals surface area contributed by atoms with Crippen LogP contribution in [0.1, 0.15) is 33.1 Å². The van der Waals surface area contributed by atoms with Crippen LogP contribution in [0.2, 0.25) is 0 Å². The first-order valence-electron chi connectivity index (χ1n) is 7.91. The first-order chi connectivity index (χ1) is 11.0. The Morgan fingerprint density at radius 3 is 2.43 bits per heavy atom. The normalized spacial score (nSPS) is 14.3. The van der Waals surface area contributed by atoms with Gasteiger partial charge in [0.15, 0.2) is 0 Å². The molecular formula is C17H23N3O3. The van der Waals surface area contributed by atoms with Crippen LogP contribution in [0.25, 0.3) is 0 Å². The van der Waals surface area contributed by atoms with Crippen LogP contribution >= 0.6 is 0 Å². The van der Waals surface area contributed by atoms with Gasteiger partial charge in [0.2, 0.25) is 17.7 Å². The lowest BCUT2D eigenvalue weighted by atomic mass is 10.1. The van der Waals surface area contributed by atoms with Gasteiger partial charge in [0.1, 0.15) is 6.54 Å². The largest absolute Gasteiger partial charge is 0.341 e. The molecule has 1 fully saturated rings. The van der Waals surface area contributed by atoms with Gasteiger partial charge in [-0.3, -0.25) is 14.4 Å². The maximum absolute atomic E-state index is 12.4. The summed E-state index contributed by atoms with van der Waals surface area (Å²) in [5.41, 5.74) is 1.21. The van der Waals surface area contributed by atoms with E-state index in [1.807, 2.05) is 4.90 Å². The van der Waals surface area contributed by atoms with Crippen LogP contribution in [0.5, 0.6) is 0 Å². The summed E-state index contributed by atoms with van der Waals surface area (Å²) in [4.78, 5) is 38.8. The summed E-state index contributed by atoms with van der Waals surface area (Å²) in [7, 11) is 0. The highest BCUT2D eigenvalue weighted by Crippen LogP contribution is 2.20. The number of rotatable bonds is 4. The number of carbonyl (C=O) groups excluding carboxylic acids is 3. The fraction of sp³-hybridized carbons (Fsp3) is 0.471. The van der Waals surface area contributed by atoms with Crippen LogP contribution in [-0.4, -0.2) is 42.3 Å². The highest BCUT2D eigenvalue weighted by Gasteiger charge is 2.22. The predicted molar refractivity (Wildman–Crippen MR) is 89.2 cm³/mol. The SMILES string of the molecule is CC(=O)Nc1cccc(N(CC(=O)N2CCCCC2)C(C)=O)c1. The average molecular weight is 317 g/mol. The average Bonchev–Trinajstić information content (AvgIpc) is 2.52. The molecule has 124 valence electrons. The number of carbonyl (C=O) groups is 3. The Balaban J connectivity index is 2.13. The Morgan fingerprint density at radius 2 is 1.83 bits per heavy atom. The molecule has 6 nitrogen and oxygen atoms in total. The van der Waals surface area contributed by atoms with Crippen LogP contribution in [-0.2, 0) is 14.4 Å². The molecule has 1 aliphatic rings. The molecule has 0 aliphatic carbocycles. The summed E-state index contributed by atoms with van der Waals surface area (Å²) >= 11 is 0. The van der Waals surface area contributed by atoms with Crippen molar-refractivity contribution in [2.24, 2.45) is 0 Å². The molecule has 0 aromatic heterocycles. The number of likely N-dealkylation sites (tertiary alicyclic amines) is 1. The third-order valence-electron chi connectivity index (χ3n) is 3.86. The second kappa shape index (κ2) is 7.76. The van der Waals surface area contributed by atoms with Gasteiger partial charge in [-0.1, -0.05) is 6.07 Å². The van der Waals surface area contributed by atoms with Gasteiger partial charge in [0.25, 0.3) is 0 Å². The number of nitrogens with zero attached hydrogens (tertiary/aromatic N) is 2. The Bertz CT molecular complexity index is 595. The molecule has 23 heavy (non-hydrogen) atoms. The van der Waals surface area contributed by atoms with E-state index in [-0.39, 0.29) is 24.3 Å². The van der Waals surface area contributed by atoms with Crippen molar-refractivity contribution in [2.45, 2.75) is 33.1 Å². The van der Waals surface area contributed by atoms with Gasteiger partial charge in [0.05, 0.1) is 0 Å². The predicted octanol–water partition coefficient (Wildman–Crippen LogP) is 2.01. The number of benzene rings is 1. The Morgan fingerprint density at radius 1 is 1.13 bits per heavy atom. The fourth-order valence-electron chi connectivity index (χ4n) is 2.72. The van der Waals surface area contributed by atoms with Crippen molar-refractivity contribution in [1.29, 1.82) is 0 Å². The van der Waals surface area contributed by atoms with Crippen molar-refractivity contribution in [3.63, 3.8) is 0 Å². The van der Waals surface area contributed by atoms with E-state index in [4.69, 9.17) is 0 Å². The molecule has 1 heterocycles. The van der Waals surface area contributed by atoms with Crippen LogP contribution in [0.3, 0.4) is 0 Å². The van der Waals surface area contributed by atoms with Gasteiger partial charge in [-0.2, -0.15) is 0 Å². The van der Waals surface area contributed by atoms with Gasteiger partial charge in [-0.05, 0) is 37.5 Å². The van der Waals surface area contributed by atoms with Crippen LogP contribution < -0.4 is 10.2 Å². The fourth-order valence-corrected chi connectivity index (χ4v) is 2.72. The molecule has 0 saturated carbocycles. The lowest BCUT2D eigenvalue weighted by Crippen LogP contribution is -2.44. The van der Waals surface area contributed by atoms with Gasteiger partial charge in [-0.25, -0.2) is 0 Å². The number of amides is 3. The van der Waals surface area contributed by atoms with E-state index >= 15 is 0 Å². The van der Waals surface area contributed by atoms with E-state index in [1.54, 1.807) is 24.3 Å². The van der Waals surface area contributed by atoms with Crippen molar-refractivity contribution in [3.05, 3.63) is 24.3 Å². The molecule has 0 atom stereocenters. The number of hydrogen-bond acceptors (Lipinski definition) is 3. The first-order valence-corrected chi connectivity index (χ1v) is 7.91. The number of hydrogen-bond donors (Lipinski definition) is 1. The molecule has 1 aliphatic heterocycles. The molecule has 1 aromatic carbocycles. The maximum atomic E-state index is 12.4. The molecule has 0 spiro atoms. The van der Waals surface area contributed by atoms with E-state index in [1.165, 1.54) is 18.7 Å². The van der Waals surface area contributed by atoms with Crippen molar-refractivity contribution in [1.82, 2.24) is 4.90 Å². The van der Waals surface area contributed by atoms with Crippen molar-refractivity contribution < 1.29 is 14.4 Å². The molecule has 0 radical (unpaired) electrons. The standard InChI is InChI=1S/C17H23N3O3/c1-13(21)18-15-7-6-8-16(11-15)20(14(2)22)12-17(23)19-9-4-3-5-10-19/h6-8,11H,3-5,9-10,12H2,1-2H3,(H,18,21). The monoisotopic (exact) mass is 317 g/mol. The summed E-state index contributed by atoms with van der Waals surface area (Å²) in [6.45, 7) is 4.41. The molecule has 0 bridgehead atoms. The molecule has 1 saturated heterocycles. The molecular weight excluding hydrogens is 294 g/mol. The van der Waals surface area contributed by atoms with E-state index in [0.29, 0.717) is 11.4 Å². The van der Waals surface area contributed by atoms with Crippen molar-refractivity contribution in [3.8, 4) is 0 Å². The number of piperidine rings is 1. The topological polar surface area (TPSA) is 69.7 Å². The Labute approximate surface area is 136 Å². The number of anilines is 2. The van der Waals surface area contributed by atoms with Crippen molar-refractivity contribution >= 4 is 29.1 Å². The van der Waals surface area contributed by atoms with Gasteiger partial charge >= 0.3 is 0 Å². The van der Waals surface area contributed by atoms with Gasteiger partial charge < -0.3 is 15.1 Å². The maximum Gasteiger partial charge on any atom is 0.242 e. The van der Waals surface area contributed by atoms with E-state index < -0.39 is 0 Å².